The Morgan fingerprint density at radius 2 is 1.94 bits per heavy atom. The number of fused-ring (bicyclic) bond motifs is 3. The van der Waals surface area contributed by atoms with E-state index in [-0.39, 0.29) is 5.91 Å². The van der Waals surface area contributed by atoms with Gasteiger partial charge in [-0.1, -0.05) is 31.0 Å². The van der Waals surface area contributed by atoms with Crippen LogP contribution in [-0.2, 0) is 4.79 Å². The van der Waals surface area contributed by atoms with E-state index in [9.17, 15) is 4.79 Å². The summed E-state index contributed by atoms with van der Waals surface area (Å²) in [5.41, 5.74) is 2.53. The minimum atomic E-state index is 0.284. The topological polar surface area (TPSA) is 20.3 Å². The molecule has 2 nitrogen and oxygen atoms in total. The number of benzene rings is 1. The van der Waals surface area contributed by atoms with Crippen LogP contribution in [0.25, 0.3) is 0 Å². The number of amides is 1. The minimum Gasteiger partial charge on any atom is -0.315 e. The molecule has 0 saturated heterocycles. The Hall–Kier alpha value is -1.31. The lowest BCUT2D eigenvalue weighted by Crippen LogP contribution is -2.26. The van der Waals surface area contributed by atoms with Gasteiger partial charge in [-0.3, -0.25) is 4.79 Å². The molecule has 1 amide bonds. The van der Waals surface area contributed by atoms with Gasteiger partial charge in [-0.05, 0) is 36.3 Å². The fourth-order valence-corrected chi connectivity index (χ4v) is 3.46. The molecule has 0 aromatic heterocycles. The van der Waals surface area contributed by atoms with Crippen LogP contribution >= 0.6 is 0 Å². The van der Waals surface area contributed by atoms with E-state index in [1.807, 2.05) is 18.0 Å². The highest BCUT2D eigenvalue weighted by Gasteiger charge is 2.34. The third kappa shape index (κ3) is 1.76. The lowest BCUT2D eigenvalue weighted by molar-refractivity contribution is -0.119. The van der Waals surface area contributed by atoms with Gasteiger partial charge >= 0.3 is 0 Å². The number of rotatable bonds is 0. The first-order valence-electron chi connectivity index (χ1n) is 6.63. The van der Waals surface area contributed by atoms with Crippen molar-refractivity contribution in [3.63, 3.8) is 0 Å². The summed E-state index contributed by atoms with van der Waals surface area (Å²) < 4.78 is 0. The summed E-state index contributed by atoms with van der Waals surface area (Å²) >= 11 is 0. The molecule has 0 spiro atoms. The quantitative estimate of drug-likeness (QED) is 0.668. The van der Waals surface area contributed by atoms with Crippen LogP contribution in [0.5, 0.6) is 0 Å². The van der Waals surface area contributed by atoms with Crippen LogP contribution in [-0.4, -0.2) is 13.0 Å². The molecule has 1 heterocycles. The Balaban J connectivity index is 2.09. The molecule has 2 aliphatic rings. The van der Waals surface area contributed by atoms with Crippen molar-refractivity contribution < 1.29 is 4.79 Å². The molecule has 0 radical (unpaired) electrons. The Morgan fingerprint density at radius 3 is 2.82 bits per heavy atom. The number of para-hydroxylation sites is 1. The van der Waals surface area contributed by atoms with Gasteiger partial charge in [-0.15, -0.1) is 0 Å². The van der Waals surface area contributed by atoms with Gasteiger partial charge < -0.3 is 4.90 Å². The van der Waals surface area contributed by atoms with Crippen LogP contribution in [0.3, 0.4) is 0 Å². The zero-order valence-electron chi connectivity index (χ0n) is 10.4. The van der Waals surface area contributed by atoms with Crippen LogP contribution in [0.4, 0.5) is 5.69 Å². The molecule has 2 atom stereocenters. The number of hydrogen-bond donors (Lipinski definition) is 0. The third-order valence-electron chi connectivity index (χ3n) is 4.42. The van der Waals surface area contributed by atoms with Gasteiger partial charge in [-0.25, -0.2) is 0 Å². The SMILES string of the molecule is CN1C(=O)CC2CCCC[C@@H]2c2ccccc21. The monoisotopic (exact) mass is 229 g/mol. The van der Waals surface area contributed by atoms with E-state index in [0.717, 1.165) is 12.1 Å². The van der Waals surface area contributed by atoms with E-state index in [0.29, 0.717) is 11.8 Å². The van der Waals surface area contributed by atoms with Gasteiger partial charge in [-0.2, -0.15) is 0 Å². The molecule has 1 aliphatic heterocycles. The summed E-state index contributed by atoms with van der Waals surface area (Å²) in [4.78, 5) is 14.0. The van der Waals surface area contributed by atoms with Gasteiger partial charge in [0.2, 0.25) is 5.91 Å². The molecule has 17 heavy (non-hydrogen) atoms. The highest BCUT2D eigenvalue weighted by atomic mass is 16.2. The number of carbonyl (C=O) groups excluding carboxylic acids is 1. The highest BCUT2D eigenvalue weighted by Crippen LogP contribution is 2.45. The van der Waals surface area contributed by atoms with Gasteiger partial charge in [0.25, 0.3) is 0 Å². The Bertz CT molecular complexity index is 440. The molecule has 0 bridgehead atoms. The molecule has 1 unspecified atom stereocenters. The predicted molar refractivity (Wildman–Crippen MR) is 69.2 cm³/mol. The number of hydrogen-bond acceptors (Lipinski definition) is 1. The van der Waals surface area contributed by atoms with E-state index < -0.39 is 0 Å². The van der Waals surface area contributed by atoms with E-state index in [1.54, 1.807) is 0 Å². The van der Waals surface area contributed by atoms with E-state index in [4.69, 9.17) is 0 Å². The van der Waals surface area contributed by atoms with Gasteiger partial charge in [0.05, 0.1) is 0 Å². The summed E-state index contributed by atoms with van der Waals surface area (Å²) in [5, 5.41) is 0. The highest BCUT2D eigenvalue weighted by molar-refractivity contribution is 5.94. The lowest BCUT2D eigenvalue weighted by atomic mass is 9.74. The van der Waals surface area contributed by atoms with Crippen molar-refractivity contribution in [1.82, 2.24) is 0 Å². The molecule has 3 rings (SSSR count). The second kappa shape index (κ2) is 4.17. The second-order valence-electron chi connectivity index (χ2n) is 5.37. The molecule has 1 aliphatic carbocycles. The Kier molecular flexibility index (Phi) is 2.65. The van der Waals surface area contributed by atoms with Crippen molar-refractivity contribution in [2.45, 2.75) is 38.0 Å². The van der Waals surface area contributed by atoms with Crippen LogP contribution in [0.2, 0.25) is 0 Å². The van der Waals surface area contributed by atoms with Crippen LogP contribution in [0, 0.1) is 5.92 Å². The van der Waals surface area contributed by atoms with Gasteiger partial charge in [0, 0.05) is 19.2 Å². The summed E-state index contributed by atoms with van der Waals surface area (Å²) in [6.07, 6.45) is 5.81. The largest absolute Gasteiger partial charge is 0.315 e. The predicted octanol–water partition coefficient (Wildman–Crippen LogP) is 3.33. The summed E-state index contributed by atoms with van der Waals surface area (Å²) in [6, 6.07) is 8.44. The summed E-state index contributed by atoms with van der Waals surface area (Å²) in [6.45, 7) is 0. The smallest absolute Gasteiger partial charge is 0.227 e. The molecular formula is C15H19NO. The van der Waals surface area contributed by atoms with Crippen molar-refractivity contribution in [1.29, 1.82) is 0 Å². The van der Waals surface area contributed by atoms with Crippen molar-refractivity contribution in [2.24, 2.45) is 5.92 Å². The zero-order valence-corrected chi connectivity index (χ0v) is 10.4. The van der Waals surface area contributed by atoms with Crippen LogP contribution < -0.4 is 4.90 Å². The number of carbonyl (C=O) groups is 1. The number of nitrogens with zero attached hydrogens (tertiary/aromatic N) is 1. The average molecular weight is 229 g/mol. The first kappa shape index (κ1) is 10.8. The second-order valence-corrected chi connectivity index (χ2v) is 5.37. The maximum Gasteiger partial charge on any atom is 0.227 e. The lowest BCUT2D eigenvalue weighted by Gasteiger charge is -2.30. The van der Waals surface area contributed by atoms with E-state index in [2.05, 4.69) is 18.2 Å². The fraction of sp³-hybridized carbons (Fsp3) is 0.533. The molecule has 1 aromatic carbocycles. The molecule has 1 fully saturated rings. The Labute approximate surface area is 103 Å². The fourth-order valence-electron chi connectivity index (χ4n) is 3.46. The molecule has 2 heteroatoms. The molecule has 1 aromatic rings. The average Bonchev–Trinajstić information content (AvgIpc) is 2.48. The molecule has 0 N–H and O–H groups in total. The maximum atomic E-state index is 12.2. The normalized spacial score (nSPS) is 28.3. The van der Waals surface area contributed by atoms with Crippen molar-refractivity contribution in [2.75, 3.05) is 11.9 Å². The minimum absolute atomic E-state index is 0.284. The number of anilines is 1. The summed E-state index contributed by atoms with van der Waals surface area (Å²) in [5.74, 6) is 1.46. The van der Waals surface area contributed by atoms with Gasteiger partial charge in [0.1, 0.15) is 0 Å². The first-order chi connectivity index (χ1) is 8.27. The van der Waals surface area contributed by atoms with Crippen molar-refractivity contribution in [3.05, 3.63) is 29.8 Å². The van der Waals surface area contributed by atoms with Crippen molar-refractivity contribution in [3.8, 4) is 0 Å². The van der Waals surface area contributed by atoms with Crippen LogP contribution in [0.15, 0.2) is 24.3 Å². The molecule has 1 saturated carbocycles. The maximum absolute atomic E-state index is 12.2. The van der Waals surface area contributed by atoms with Crippen LogP contribution in [0.1, 0.15) is 43.6 Å². The zero-order chi connectivity index (χ0) is 11.8. The van der Waals surface area contributed by atoms with E-state index in [1.165, 1.54) is 31.2 Å². The third-order valence-corrected chi connectivity index (χ3v) is 4.42. The van der Waals surface area contributed by atoms with Gasteiger partial charge in [0.15, 0.2) is 0 Å². The van der Waals surface area contributed by atoms with E-state index >= 15 is 0 Å². The standard InChI is InChI=1S/C15H19NO/c1-16-14-9-5-4-8-13(14)12-7-3-2-6-11(12)10-15(16)17/h4-5,8-9,11-12H,2-3,6-7,10H2,1H3/t11?,12-/m0/s1. The van der Waals surface area contributed by atoms with Crippen molar-refractivity contribution >= 4 is 11.6 Å². The molecular weight excluding hydrogens is 210 g/mol. The first-order valence-corrected chi connectivity index (χ1v) is 6.63. The Morgan fingerprint density at radius 1 is 1.18 bits per heavy atom. The summed E-state index contributed by atoms with van der Waals surface area (Å²) in [7, 11) is 1.92. The molecule has 90 valence electrons.